The van der Waals surface area contributed by atoms with Crippen LogP contribution in [0, 0.1) is 0 Å². The third kappa shape index (κ3) is 3.71. The van der Waals surface area contributed by atoms with Gasteiger partial charge in [0.15, 0.2) is 0 Å². The molecule has 5 nitrogen and oxygen atoms in total. The first kappa shape index (κ1) is 16.8. The summed E-state index contributed by atoms with van der Waals surface area (Å²) in [4.78, 5) is 27.4. The van der Waals surface area contributed by atoms with Crippen LogP contribution in [0.15, 0.2) is 72.4 Å². The first-order valence-electron chi connectivity index (χ1n) is 8.16. The van der Waals surface area contributed by atoms with Crippen LogP contribution in [0.4, 0.5) is 0 Å². The summed E-state index contributed by atoms with van der Waals surface area (Å²) in [5.74, 6) is -0.531. The normalized spacial score (nSPS) is 14.2. The zero-order chi connectivity index (χ0) is 17.8. The Morgan fingerprint density at radius 2 is 1.16 bits per heavy atom. The summed E-state index contributed by atoms with van der Waals surface area (Å²) in [6.45, 7) is 0.728. The molecule has 1 aliphatic heterocycles. The van der Waals surface area contributed by atoms with Gasteiger partial charge in [0.25, 0.3) is 11.8 Å². The highest BCUT2D eigenvalue weighted by Crippen LogP contribution is 2.24. The molecule has 0 unspecified atom stereocenters. The average molecular weight is 335 g/mol. The van der Waals surface area contributed by atoms with Crippen molar-refractivity contribution in [3.63, 3.8) is 0 Å². The maximum absolute atomic E-state index is 12.8. The molecule has 2 aromatic carbocycles. The predicted octanol–water partition coefficient (Wildman–Crippen LogP) is 2.42. The number of carbonyl (C=O) groups is 2. The minimum absolute atomic E-state index is 0.192. The van der Waals surface area contributed by atoms with Gasteiger partial charge in [-0.3, -0.25) is 9.59 Å². The van der Waals surface area contributed by atoms with Gasteiger partial charge >= 0.3 is 0 Å². The Morgan fingerprint density at radius 3 is 1.52 bits per heavy atom. The monoisotopic (exact) mass is 335 g/mol. The van der Waals surface area contributed by atoms with Gasteiger partial charge in [0.2, 0.25) is 0 Å². The van der Waals surface area contributed by atoms with E-state index in [0.29, 0.717) is 13.1 Å². The summed E-state index contributed by atoms with van der Waals surface area (Å²) < 4.78 is 0. The molecule has 5 heteroatoms. The van der Waals surface area contributed by atoms with E-state index >= 15 is 0 Å². The predicted molar refractivity (Wildman–Crippen MR) is 95.8 cm³/mol. The fourth-order valence-electron chi connectivity index (χ4n) is 2.78. The number of amides is 2. The molecule has 0 aliphatic carbocycles. The zero-order valence-corrected chi connectivity index (χ0v) is 14.4. The summed E-state index contributed by atoms with van der Waals surface area (Å²) in [6, 6.07) is 19.4. The number of nitrogens with zero attached hydrogens (tertiary/aromatic N) is 3. The summed E-state index contributed by atoms with van der Waals surface area (Å²) >= 11 is 0. The summed E-state index contributed by atoms with van der Waals surface area (Å²) in [5, 5.41) is 3.06. The fraction of sp³-hybridized carbons (Fsp3) is 0.200. The Hall–Kier alpha value is -3.08. The van der Waals surface area contributed by atoms with Crippen molar-refractivity contribution in [3.8, 4) is 0 Å². The van der Waals surface area contributed by atoms with E-state index in [4.69, 9.17) is 0 Å². The lowest BCUT2D eigenvalue weighted by molar-refractivity contribution is -0.149. The summed E-state index contributed by atoms with van der Waals surface area (Å²) in [7, 11) is 3.60. The highest BCUT2D eigenvalue weighted by Gasteiger charge is 2.41. The standard InChI is InChI=1S/C20H21N3O2/c1-21(2)15-18-19(24)22(13-16-9-5-3-6-10-16)23(20(18)25)14-17-11-7-4-8-12-17/h3-12,15H,13-14H2,1-2H3. The van der Waals surface area contributed by atoms with Crippen molar-refractivity contribution in [2.24, 2.45) is 0 Å². The molecule has 0 N–H and O–H groups in total. The third-order valence-corrected chi connectivity index (χ3v) is 3.96. The molecule has 0 saturated carbocycles. The van der Waals surface area contributed by atoms with Gasteiger partial charge in [-0.25, -0.2) is 10.0 Å². The van der Waals surface area contributed by atoms with Crippen molar-refractivity contribution in [3.05, 3.63) is 83.6 Å². The molecule has 1 aliphatic rings. The van der Waals surface area contributed by atoms with Crippen LogP contribution in [0.1, 0.15) is 11.1 Å². The Labute approximate surface area is 147 Å². The maximum atomic E-state index is 12.8. The second-order valence-electron chi connectivity index (χ2n) is 6.20. The molecule has 2 aromatic rings. The molecule has 1 saturated heterocycles. The van der Waals surface area contributed by atoms with Gasteiger partial charge in [0.1, 0.15) is 5.57 Å². The van der Waals surface area contributed by atoms with Crippen molar-refractivity contribution in [1.29, 1.82) is 0 Å². The van der Waals surface area contributed by atoms with Gasteiger partial charge in [-0.15, -0.1) is 0 Å². The molecule has 128 valence electrons. The maximum Gasteiger partial charge on any atom is 0.279 e. The van der Waals surface area contributed by atoms with Crippen LogP contribution >= 0.6 is 0 Å². The summed E-state index contributed by atoms with van der Waals surface area (Å²) in [5.41, 5.74) is 2.15. The largest absolute Gasteiger partial charge is 0.383 e. The Bertz CT molecular complexity index is 724. The van der Waals surface area contributed by atoms with Gasteiger partial charge in [-0.05, 0) is 11.1 Å². The van der Waals surface area contributed by atoms with E-state index in [1.165, 1.54) is 10.0 Å². The zero-order valence-electron chi connectivity index (χ0n) is 14.4. The number of rotatable bonds is 5. The first-order valence-corrected chi connectivity index (χ1v) is 8.16. The lowest BCUT2D eigenvalue weighted by Gasteiger charge is -2.27. The molecule has 0 bridgehead atoms. The van der Waals surface area contributed by atoms with Crippen LogP contribution in [-0.2, 0) is 22.7 Å². The van der Waals surface area contributed by atoms with Crippen LogP contribution in [0.2, 0.25) is 0 Å². The van der Waals surface area contributed by atoms with Crippen LogP contribution in [0.3, 0.4) is 0 Å². The molecule has 1 heterocycles. The van der Waals surface area contributed by atoms with E-state index in [9.17, 15) is 9.59 Å². The average Bonchev–Trinajstić information content (AvgIpc) is 2.82. The smallest absolute Gasteiger partial charge is 0.279 e. The Balaban J connectivity index is 1.92. The highest BCUT2D eigenvalue weighted by atomic mass is 16.2. The fourth-order valence-corrected chi connectivity index (χ4v) is 2.78. The van der Waals surface area contributed by atoms with Gasteiger partial charge in [-0.1, -0.05) is 60.7 Å². The second-order valence-corrected chi connectivity index (χ2v) is 6.20. The molecule has 3 rings (SSSR count). The van der Waals surface area contributed by atoms with Gasteiger partial charge in [0.05, 0.1) is 13.1 Å². The van der Waals surface area contributed by atoms with E-state index in [1.807, 2.05) is 60.7 Å². The topological polar surface area (TPSA) is 43.9 Å². The van der Waals surface area contributed by atoms with Crippen LogP contribution in [0.25, 0.3) is 0 Å². The molecule has 0 radical (unpaired) electrons. The molecule has 1 fully saturated rings. The van der Waals surface area contributed by atoms with Crippen molar-refractivity contribution in [2.45, 2.75) is 13.1 Å². The van der Waals surface area contributed by atoms with E-state index in [-0.39, 0.29) is 17.4 Å². The van der Waals surface area contributed by atoms with Crippen molar-refractivity contribution in [2.75, 3.05) is 14.1 Å². The Kier molecular flexibility index (Phi) is 4.84. The van der Waals surface area contributed by atoms with E-state index in [0.717, 1.165) is 11.1 Å². The number of hydrazine groups is 1. The van der Waals surface area contributed by atoms with Crippen molar-refractivity contribution < 1.29 is 9.59 Å². The van der Waals surface area contributed by atoms with E-state index in [2.05, 4.69) is 0 Å². The SMILES string of the molecule is CN(C)C=C1C(=O)N(Cc2ccccc2)N(Cc2ccccc2)C1=O. The number of carbonyl (C=O) groups excluding carboxylic acids is 2. The minimum Gasteiger partial charge on any atom is -0.383 e. The van der Waals surface area contributed by atoms with Gasteiger partial charge in [0, 0.05) is 20.3 Å². The molecule has 0 atom stereocenters. The first-order chi connectivity index (χ1) is 12.1. The lowest BCUT2D eigenvalue weighted by atomic mass is 10.2. The summed E-state index contributed by atoms with van der Waals surface area (Å²) in [6.07, 6.45) is 1.59. The van der Waals surface area contributed by atoms with Crippen LogP contribution < -0.4 is 0 Å². The van der Waals surface area contributed by atoms with Gasteiger partial charge < -0.3 is 4.90 Å². The molecular formula is C20H21N3O2. The van der Waals surface area contributed by atoms with Gasteiger partial charge in [-0.2, -0.15) is 0 Å². The minimum atomic E-state index is -0.265. The lowest BCUT2D eigenvalue weighted by Crippen LogP contribution is -2.39. The number of benzene rings is 2. The highest BCUT2D eigenvalue weighted by molar-refractivity contribution is 6.22. The molecule has 2 amide bonds. The Morgan fingerprint density at radius 1 is 0.760 bits per heavy atom. The molecular weight excluding hydrogens is 314 g/mol. The van der Waals surface area contributed by atoms with E-state index < -0.39 is 0 Å². The molecule has 0 spiro atoms. The number of hydrogen-bond donors (Lipinski definition) is 0. The molecule has 25 heavy (non-hydrogen) atoms. The number of hydrogen-bond acceptors (Lipinski definition) is 3. The second kappa shape index (κ2) is 7.21. The quantitative estimate of drug-likeness (QED) is 0.623. The van der Waals surface area contributed by atoms with Crippen LogP contribution in [-0.4, -0.2) is 40.8 Å². The van der Waals surface area contributed by atoms with Crippen molar-refractivity contribution in [1.82, 2.24) is 14.9 Å². The van der Waals surface area contributed by atoms with Crippen molar-refractivity contribution >= 4 is 11.8 Å². The molecule has 0 aromatic heterocycles. The van der Waals surface area contributed by atoms with E-state index in [1.54, 1.807) is 25.2 Å². The third-order valence-electron chi connectivity index (χ3n) is 3.96. The van der Waals surface area contributed by atoms with Crippen LogP contribution in [0.5, 0.6) is 0 Å².